The van der Waals surface area contributed by atoms with Crippen molar-refractivity contribution < 1.29 is 4.74 Å². The van der Waals surface area contributed by atoms with Gasteiger partial charge in [0.25, 0.3) is 0 Å². The lowest BCUT2D eigenvalue weighted by Crippen LogP contribution is -2.01. The first-order chi connectivity index (χ1) is 2.97. The average Bonchev–Trinajstić information content (AvgIpc) is 2.17. The minimum absolute atomic E-state index is 0.741. The Bertz CT molecular complexity index is 65.9. The maximum absolute atomic E-state index is 5.04. The zero-order valence-corrected chi connectivity index (χ0v) is 3.48. The third-order valence-corrected chi connectivity index (χ3v) is 1.40. The molecule has 2 aliphatic rings. The Morgan fingerprint density at radius 3 is 2.17 bits per heavy atom. The van der Waals surface area contributed by atoms with E-state index in [9.17, 15) is 0 Å². The van der Waals surface area contributed by atoms with E-state index in [-0.39, 0.29) is 0 Å². The van der Waals surface area contributed by atoms with Crippen LogP contribution in [0.5, 0.6) is 0 Å². The largest absolute Gasteiger partial charge is 0.378 e. The summed E-state index contributed by atoms with van der Waals surface area (Å²) in [7, 11) is 0. The molecule has 2 atom stereocenters. The fraction of sp³-hybridized carbons (Fsp3) is 1.00. The Balaban J connectivity index is 2.09. The van der Waals surface area contributed by atoms with Gasteiger partial charge < -0.3 is 10.1 Å². The molecule has 2 heteroatoms. The van der Waals surface area contributed by atoms with Gasteiger partial charge in [0.2, 0.25) is 0 Å². The van der Waals surface area contributed by atoms with Crippen molar-refractivity contribution in [3.63, 3.8) is 0 Å². The van der Waals surface area contributed by atoms with E-state index in [0.29, 0.717) is 0 Å². The van der Waals surface area contributed by atoms with Gasteiger partial charge in [-0.2, -0.15) is 0 Å². The molecule has 0 saturated carbocycles. The van der Waals surface area contributed by atoms with Gasteiger partial charge in [-0.05, 0) is 0 Å². The number of ether oxygens (including phenoxy) is 1. The zero-order chi connectivity index (χ0) is 3.98. The molecule has 34 valence electrons. The molecule has 1 N–H and O–H groups in total. The summed E-state index contributed by atoms with van der Waals surface area (Å²) >= 11 is 0. The van der Waals surface area contributed by atoms with E-state index in [1.165, 1.54) is 0 Å². The van der Waals surface area contributed by atoms with Gasteiger partial charge >= 0.3 is 0 Å². The molecular formula is C4H7NO. The van der Waals surface area contributed by atoms with Gasteiger partial charge in [0.05, 0.1) is 13.2 Å². The SMILES string of the molecule is C1OCC2NC12. The Hall–Kier alpha value is -0.0800. The van der Waals surface area contributed by atoms with Crippen molar-refractivity contribution >= 4 is 0 Å². The predicted octanol–water partition coefficient (Wildman–Crippen LogP) is -0.643. The van der Waals surface area contributed by atoms with Gasteiger partial charge in [0.15, 0.2) is 0 Å². The van der Waals surface area contributed by atoms with Crippen LogP contribution in [0.4, 0.5) is 0 Å². The lowest BCUT2D eigenvalue weighted by atomic mass is 10.4. The van der Waals surface area contributed by atoms with Gasteiger partial charge in [-0.15, -0.1) is 0 Å². The molecule has 0 aromatic rings. The van der Waals surface area contributed by atoms with Gasteiger partial charge in [-0.1, -0.05) is 0 Å². The molecule has 2 aliphatic heterocycles. The topological polar surface area (TPSA) is 31.2 Å². The second kappa shape index (κ2) is 0.768. The number of hydrogen-bond acceptors (Lipinski definition) is 2. The highest BCUT2D eigenvalue weighted by molar-refractivity contribution is 5.01. The van der Waals surface area contributed by atoms with E-state index in [0.717, 1.165) is 25.3 Å². The van der Waals surface area contributed by atoms with E-state index in [4.69, 9.17) is 4.74 Å². The summed E-state index contributed by atoms with van der Waals surface area (Å²) in [5.41, 5.74) is 0. The molecule has 0 amide bonds. The van der Waals surface area contributed by atoms with Crippen LogP contribution < -0.4 is 5.32 Å². The van der Waals surface area contributed by atoms with Crippen molar-refractivity contribution in [3.8, 4) is 0 Å². The maximum Gasteiger partial charge on any atom is 0.0636 e. The van der Waals surface area contributed by atoms with Crippen LogP contribution in [0.2, 0.25) is 0 Å². The van der Waals surface area contributed by atoms with Gasteiger partial charge in [0, 0.05) is 12.1 Å². The number of hydrogen-bond donors (Lipinski definition) is 1. The highest BCUT2D eigenvalue weighted by Gasteiger charge is 2.41. The molecular weight excluding hydrogens is 78.0 g/mol. The smallest absolute Gasteiger partial charge is 0.0636 e. The highest BCUT2D eigenvalue weighted by atomic mass is 16.5. The Labute approximate surface area is 36.5 Å². The summed E-state index contributed by atoms with van der Waals surface area (Å²) in [5.74, 6) is 0. The molecule has 2 rings (SSSR count). The van der Waals surface area contributed by atoms with Gasteiger partial charge in [0.1, 0.15) is 0 Å². The van der Waals surface area contributed by atoms with Crippen LogP contribution in [0.1, 0.15) is 0 Å². The molecule has 2 unspecified atom stereocenters. The molecule has 0 radical (unpaired) electrons. The van der Waals surface area contributed by atoms with E-state index >= 15 is 0 Å². The quantitative estimate of drug-likeness (QED) is 0.396. The summed E-state index contributed by atoms with van der Waals surface area (Å²) in [6.07, 6.45) is 0. The molecule has 0 aliphatic carbocycles. The lowest BCUT2D eigenvalue weighted by molar-refractivity contribution is 0.172. The van der Waals surface area contributed by atoms with Crippen molar-refractivity contribution in [2.24, 2.45) is 0 Å². The van der Waals surface area contributed by atoms with E-state index in [1.54, 1.807) is 0 Å². The molecule has 0 aromatic heterocycles. The molecule has 2 heterocycles. The number of rotatable bonds is 0. The first kappa shape index (κ1) is 2.99. The lowest BCUT2D eigenvalue weighted by Gasteiger charge is -1.88. The minimum atomic E-state index is 0.741. The first-order valence-corrected chi connectivity index (χ1v) is 2.30. The average molecular weight is 85.1 g/mol. The fourth-order valence-electron chi connectivity index (χ4n) is 0.870. The van der Waals surface area contributed by atoms with Crippen molar-refractivity contribution in [2.45, 2.75) is 12.1 Å². The third kappa shape index (κ3) is 0.235. The summed E-state index contributed by atoms with van der Waals surface area (Å²) in [6.45, 7) is 1.90. The van der Waals surface area contributed by atoms with Crippen LogP contribution >= 0.6 is 0 Å². The summed E-state index contributed by atoms with van der Waals surface area (Å²) in [4.78, 5) is 0. The minimum Gasteiger partial charge on any atom is -0.378 e. The number of morpholine rings is 1. The van der Waals surface area contributed by atoms with Crippen LogP contribution in [-0.2, 0) is 4.74 Å². The van der Waals surface area contributed by atoms with Gasteiger partial charge in [-0.25, -0.2) is 0 Å². The van der Waals surface area contributed by atoms with Crippen molar-refractivity contribution in [1.29, 1.82) is 0 Å². The van der Waals surface area contributed by atoms with Crippen LogP contribution in [-0.4, -0.2) is 25.3 Å². The van der Waals surface area contributed by atoms with Crippen LogP contribution in [0.25, 0.3) is 0 Å². The second-order valence-electron chi connectivity index (χ2n) is 1.92. The Kier molecular flexibility index (Phi) is 0.383. The Morgan fingerprint density at radius 1 is 1.33 bits per heavy atom. The van der Waals surface area contributed by atoms with Crippen molar-refractivity contribution in [1.82, 2.24) is 5.32 Å². The zero-order valence-electron chi connectivity index (χ0n) is 3.48. The van der Waals surface area contributed by atoms with E-state index in [1.807, 2.05) is 0 Å². The Morgan fingerprint density at radius 2 is 2.00 bits per heavy atom. The molecule has 2 fully saturated rings. The predicted molar refractivity (Wildman–Crippen MR) is 21.5 cm³/mol. The van der Waals surface area contributed by atoms with E-state index in [2.05, 4.69) is 5.32 Å². The molecule has 6 heavy (non-hydrogen) atoms. The molecule has 0 aromatic carbocycles. The third-order valence-electron chi connectivity index (χ3n) is 1.40. The maximum atomic E-state index is 5.04. The highest BCUT2D eigenvalue weighted by Crippen LogP contribution is 2.17. The van der Waals surface area contributed by atoms with Crippen molar-refractivity contribution in [2.75, 3.05) is 13.2 Å². The van der Waals surface area contributed by atoms with Crippen LogP contribution in [0.15, 0.2) is 0 Å². The monoisotopic (exact) mass is 85.1 g/mol. The summed E-state index contributed by atoms with van der Waals surface area (Å²) < 4.78 is 5.04. The molecule has 0 bridgehead atoms. The van der Waals surface area contributed by atoms with E-state index < -0.39 is 0 Å². The standard InChI is InChI=1S/C4H7NO/c1-3-4(5-3)2-6-1/h3-5H,1-2H2. The van der Waals surface area contributed by atoms with Crippen LogP contribution in [0.3, 0.4) is 0 Å². The second-order valence-corrected chi connectivity index (χ2v) is 1.92. The number of fused-ring (bicyclic) bond motifs is 1. The van der Waals surface area contributed by atoms with Crippen molar-refractivity contribution in [3.05, 3.63) is 0 Å². The molecule has 2 saturated heterocycles. The summed E-state index contributed by atoms with van der Waals surface area (Å²) in [6, 6.07) is 1.48. The first-order valence-electron chi connectivity index (χ1n) is 2.30. The van der Waals surface area contributed by atoms with Gasteiger partial charge in [-0.3, -0.25) is 0 Å². The molecule has 0 spiro atoms. The fourth-order valence-corrected chi connectivity index (χ4v) is 0.870. The number of nitrogens with one attached hydrogen (secondary N) is 1. The van der Waals surface area contributed by atoms with Crippen LogP contribution in [0, 0.1) is 0 Å². The summed E-state index contributed by atoms with van der Waals surface area (Å²) in [5, 5.41) is 3.24. The normalized spacial score (nSPS) is 52.0. The molecule has 2 nitrogen and oxygen atoms in total.